The quantitative estimate of drug-likeness (QED) is 0.817. The first-order chi connectivity index (χ1) is 7.11. The van der Waals surface area contributed by atoms with Crippen molar-refractivity contribution < 1.29 is 14.6 Å². The second kappa shape index (κ2) is 3.53. The molecule has 1 aliphatic rings. The fourth-order valence-corrected chi connectivity index (χ4v) is 1.82. The number of aromatic nitrogens is 1. The minimum absolute atomic E-state index is 0.137. The molecule has 2 rings (SSSR count). The van der Waals surface area contributed by atoms with Gasteiger partial charge in [-0.1, -0.05) is 0 Å². The summed E-state index contributed by atoms with van der Waals surface area (Å²) in [7, 11) is 1.56. The Labute approximate surface area is 87.9 Å². The molecule has 1 saturated carbocycles. The highest BCUT2D eigenvalue weighted by atomic mass is 16.5. The van der Waals surface area contributed by atoms with Gasteiger partial charge in [0, 0.05) is 11.8 Å². The molecule has 2 unspecified atom stereocenters. The van der Waals surface area contributed by atoms with Crippen LogP contribution in [0, 0.1) is 12.8 Å². The van der Waals surface area contributed by atoms with Crippen molar-refractivity contribution in [3.05, 3.63) is 23.4 Å². The third kappa shape index (κ3) is 1.93. The van der Waals surface area contributed by atoms with Gasteiger partial charge in [0.25, 0.3) is 0 Å². The van der Waals surface area contributed by atoms with Crippen molar-refractivity contribution in [2.24, 2.45) is 5.92 Å². The molecule has 1 heterocycles. The Morgan fingerprint density at radius 3 is 2.87 bits per heavy atom. The highest BCUT2D eigenvalue weighted by molar-refractivity contribution is 5.75. The minimum atomic E-state index is -0.714. The number of pyridine rings is 1. The van der Waals surface area contributed by atoms with Gasteiger partial charge in [-0.15, -0.1) is 0 Å². The maximum atomic E-state index is 10.7. The molecular formula is C11H13NO3. The van der Waals surface area contributed by atoms with E-state index in [1.165, 1.54) is 0 Å². The standard InChI is InChI=1S/C11H13NO3/c1-6-3-7(4-10(12-6)15-2)8-5-9(8)11(13)14/h3-4,8-9H,5H2,1-2H3,(H,13,14). The Kier molecular flexibility index (Phi) is 2.34. The molecule has 1 aromatic rings. The van der Waals surface area contributed by atoms with Crippen molar-refractivity contribution in [2.75, 3.05) is 7.11 Å². The number of carboxylic acids is 1. The van der Waals surface area contributed by atoms with E-state index in [0.717, 1.165) is 17.7 Å². The summed E-state index contributed by atoms with van der Waals surface area (Å²) in [6.45, 7) is 1.88. The third-order valence-corrected chi connectivity index (χ3v) is 2.70. The minimum Gasteiger partial charge on any atom is -0.481 e. The average Bonchev–Trinajstić information content (AvgIpc) is 2.96. The van der Waals surface area contributed by atoms with E-state index in [-0.39, 0.29) is 11.8 Å². The van der Waals surface area contributed by atoms with Crippen molar-refractivity contribution in [3.63, 3.8) is 0 Å². The molecule has 1 N–H and O–H groups in total. The number of ether oxygens (including phenoxy) is 1. The van der Waals surface area contributed by atoms with Gasteiger partial charge in [-0.25, -0.2) is 4.98 Å². The predicted octanol–water partition coefficient (Wildman–Crippen LogP) is 1.59. The van der Waals surface area contributed by atoms with E-state index in [1.54, 1.807) is 7.11 Å². The monoisotopic (exact) mass is 207 g/mol. The van der Waals surface area contributed by atoms with Crippen LogP contribution in [-0.2, 0) is 4.79 Å². The first-order valence-electron chi connectivity index (χ1n) is 4.87. The number of methoxy groups -OCH3 is 1. The van der Waals surface area contributed by atoms with Gasteiger partial charge in [-0.05, 0) is 30.9 Å². The molecular weight excluding hydrogens is 194 g/mol. The maximum Gasteiger partial charge on any atom is 0.307 e. The van der Waals surface area contributed by atoms with Crippen molar-refractivity contribution in [3.8, 4) is 5.88 Å². The van der Waals surface area contributed by atoms with Crippen LogP contribution in [0.4, 0.5) is 0 Å². The molecule has 80 valence electrons. The van der Waals surface area contributed by atoms with Gasteiger partial charge in [0.1, 0.15) is 0 Å². The van der Waals surface area contributed by atoms with Crippen LogP contribution in [0.25, 0.3) is 0 Å². The van der Waals surface area contributed by atoms with E-state index in [9.17, 15) is 4.79 Å². The van der Waals surface area contributed by atoms with Crippen LogP contribution >= 0.6 is 0 Å². The summed E-state index contributed by atoms with van der Waals surface area (Å²) in [5.74, 6) is -0.246. The molecule has 0 radical (unpaired) electrons. The van der Waals surface area contributed by atoms with Crippen molar-refractivity contribution in [1.29, 1.82) is 0 Å². The van der Waals surface area contributed by atoms with Gasteiger partial charge in [0.15, 0.2) is 0 Å². The number of rotatable bonds is 3. The summed E-state index contributed by atoms with van der Waals surface area (Å²) in [4.78, 5) is 14.9. The maximum absolute atomic E-state index is 10.7. The lowest BCUT2D eigenvalue weighted by Gasteiger charge is -2.04. The van der Waals surface area contributed by atoms with E-state index in [2.05, 4.69) is 4.98 Å². The van der Waals surface area contributed by atoms with E-state index < -0.39 is 5.97 Å². The zero-order valence-electron chi connectivity index (χ0n) is 8.73. The molecule has 0 amide bonds. The molecule has 1 aliphatic carbocycles. The number of carboxylic acid groups (broad SMARTS) is 1. The molecule has 2 atom stereocenters. The van der Waals surface area contributed by atoms with Gasteiger partial charge in [0.2, 0.25) is 5.88 Å². The smallest absolute Gasteiger partial charge is 0.307 e. The topological polar surface area (TPSA) is 59.4 Å². The normalized spacial score (nSPS) is 23.6. The highest BCUT2D eigenvalue weighted by Gasteiger charge is 2.44. The zero-order chi connectivity index (χ0) is 11.0. The molecule has 0 spiro atoms. The van der Waals surface area contributed by atoms with Crippen LogP contribution in [0.5, 0.6) is 5.88 Å². The third-order valence-electron chi connectivity index (χ3n) is 2.70. The van der Waals surface area contributed by atoms with Crippen LogP contribution in [-0.4, -0.2) is 23.2 Å². The Bertz CT molecular complexity index is 403. The first-order valence-corrected chi connectivity index (χ1v) is 4.87. The van der Waals surface area contributed by atoms with Crippen LogP contribution in [0.3, 0.4) is 0 Å². The molecule has 4 nitrogen and oxygen atoms in total. The summed E-state index contributed by atoms with van der Waals surface area (Å²) in [6.07, 6.45) is 0.724. The summed E-state index contributed by atoms with van der Waals surface area (Å²) < 4.78 is 5.05. The van der Waals surface area contributed by atoms with Gasteiger partial charge in [0.05, 0.1) is 13.0 Å². The van der Waals surface area contributed by atoms with E-state index in [4.69, 9.17) is 9.84 Å². The molecule has 0 saturated heterocycles. The van der Waals surface area contributed by atoms with Gasteiger partial charge >= 0.3 is 5.97 Å². The van der Waals surface area contributed by atoms with E-state index in [0.29, 0.717) is 5.88 Å². The zero-order valence-corrected chi connectivity index (χ0v) is 8.73. The highest BCUT2D eigenvalue weighted by Crippen LogP contribution is 2.48. The molecule has 0 bridgehead atoms. The number of nitrogens with zero attached hydrogens (tertiary/aromatic N) is 1. The van der Waals surface area contributed by atoms with Gasteiger partial charge < -0.3 is 9.84 Å². The summed E-state index contributed by atoms with van der Waals surface area (Å²) in [6, 6.07) is 3.75. The Balaban J connectivity index is 2.23. The van der Waals surface area contributed by atoms with Crippen LogP contribution in [0.2, 0.25) is 0 Å². The number of hydrogen-bond acceptors (Lipinski definition) is 3. The lowest BCUT2D eigenvalue weighted by molar-refractivity contribution is -0.138. The summed E-state index contributed by atoms with van der Waals surface area (Å²) >= 11 is 0. The fraction of sp³-hybridized carbons (Fsp3) is 0.455. The average molecular weight is 207 g/mol. The van der Waals surface area contributed by atoms with Gasteiger partial charge in [-0.2, -0.15) is 0 Å². The lowest BCUT2D eigenvalue weighted by atomic mass is 10.1. The second-order valence-corrected chi connectivity index (χ2v) is 3.87. The van der Waals surface area contributed by atoms with Gasteiger partial charge in [-0.3, -0.25) is 4.79 Å². The van der Waals surface area contributed by atoms with Crippen molar-refractivity contribution >= 4 is 5.97 Å². The Hall–Kier alpha value is -1.58. The number of carbonyl (C=O) groups is 1. The van der Waals surface area contributed by atoms with Crippen molar-refractivity contribution in [1.82, 2.24) is 4.98 Å². The summed E-state index contributed by atoms with van der Waals surface area (Å²) in [5.41, 5.74) is 1.88. The Morgan fingerprint density at radius 1 is 1.60 bits per heavy atom. The molecule has 4 heteroatoms. The van der Waals surface area contributed by atoms with Crippen LogP contribution in [0.1, 0.15) is 23.6 Å². The lowest BCUT2D eigenvalue weighted by Crippen LogP contribution is -2.00. The summed E-state index contributed by atoms with van der Waals surface area (Å²) in [5, 5.41) is 8.83. The first kappa shape index (κ1) is 9.96. The van der Waals surface area contributed by atoms with E-state index in [1.807, 2.05) is 19.1 Å². The molecule has 1 aromatic heterocycles. The number of aliphatic carboxylic acids is 1. The Morgan fingerprint density at radius 2 is 2.33 bits per heavy atom. The molecule has 0 aromatic carbocycles. The number of aryl methyl sites for hydroxylation is 1. The predicted molar refractivity (Wildman–Crippen MR) is 54.0 cm³/mol. The molecule has 15 heavy (non-hydrogen) atoms. The molecule has 1 fully saturated rings. The van der Waals surface area contributed by atoms with Crippen LogP contribution < -0.4 is 4.74 Å². The van der Waals surface area contributed by atoms with E-state index >= 15 is 0 Å². The SMILES string of the molecule is COc1cc(C2CC2C(=O)O)cc(C)n1. The second-order valence-electron chi connectivity index (χ2n) is 3.87. The number of hydrogen-bond donors (Lipinski definition) is 1. The largest absolute Gasteiger partial charge is 0.481 e. The van der Waals surface area contributed by atoms with Crippen molar-refractivity contribution in [2.45, 2.75) is 19.3 Å². The van der Waals surface area contributed by atoms with Crippen LogP contribution in [0.15, 0.2) is 12.1 Å². The molecule has 0 aliphatic heterocycles. The fourth-order valence-electron chi connectivity index (χ4n) is 1.82.